The highest BCUT2D eigenvalue weighted by Gasteiger charge is 1.92. The van der Waals surface area contributed by atoms with Crippen molar-refractivity contribution in [3.63, 3.8) is 0 Å². The van der Waals surface area contributed by atoms with Gasteiger partial charge in [-0.1, -0.05) is 6.08 Å². The normalized spacial score (nSPS) is 10.8. The van der Waals surface area contributed by atoms with E-state index in [-0.39, 0.29) is 0 Å². The largest absolute Gasteiger partial charge is 0.379 e. The molecular weight excluding hydrogens is 174 g/mol. The molecule has 0 amide bonds. The number of allylic oxidation sites excluding steroid dienone is 1. The summed E-state index contributed by atoms with van der Waals surface area (Å²) in [5.41, 5.74) is 0. The molecule has 0 aromatic carbocycles. The van der Waals surface area contributed by atoms with Gasteiger partial charge >= 0.3 is 0 Å². The average Bonchev–Trinajstić information content (AvgIpc) is 2.15. The summed E-state index contributed by atoms with van der Waals surface area (Å²) in [6.45, 7) is 11.0. The molecule has 0 rings (SSSR count). The molecule has 0 saturated carbocycles. The fraction of sp³-hybridized carbons (Fsp3) is 0.833. The molecule has 0 aromatic heterocycles. The first-order chi connectivity index (χ1) is 6.77. The summed E-state index contributed by atoms with van der Waals surface area (Å²) in [5.74, 6) is 0. The van der Waals surface area contributed by atoms with E-state index in [1.54, 1.807) is 0 Å². The van der Waals surface area contributed by atoms with Crippen molar-refractivity contribution in [2.24, 2.45) is 0 Å². The highest BCUT2D eigenvalue weighted by molar-refractivity contribution is 4.66. The van der Waals surface area contributed by atoms with E-state index in [0.717, 1.165) is 32.5 Å². The van der Waals surface area contributed by atoms with E-state index in [9.17, 15) is 0 Å². The summed E-state index contributed by atoms with van der Waals surface area (Å²) in [6, 6.07) is 0. The summed E-state index contributed by atoms with van der Waals surface area (Å²) in [5, 5.41) is 3.40. The van der Waals surface area contributed by atoms with E-state index in [1.807, 2.05) is 6.08 Å². The van der Waals surface area contributed by atoms with Crippen LogP contribution >= 0.6 is 0 Å². The monoisotopic (exact) mass is 199 g/mol. The van der Waals surface area contributed by atoms with Crippen LogP contribution in [0.1, 0.15) is 39.5 Å². The number of hydrogen-bond acceptors (Lipinski definition) is 2. The first kappa shape index (κ1) is 13.7. The lowest BCUT2D eigenvalue weighted by Crippen LogP contribution is -2.17. The van der Waals surface area contributed by atoms with Crippen LogP contribution < -0.4 is 5.32 Å². The van der Waals surface area contributed by atoms with Crippen molar-refractivity contribution in [1.82, 2.24) is 5.32 Å². The first-order valence-corrected chi connectivity index (χ1v) is 5.70. The molecule has 2 heteroatoms. The fourth-order valence-electron chi connectivity index (χ4n) is 1.17. The maximum atomic E-state index is 5.45. The molecule has 0 aliphatic carbocycles. The predicted octanol–water partition coefficient (Wildman–Crippen LogP) is 2.75. The third kappa shape index (κ3) is 11.7. The lowest BCUT2D eigenvalue weighted by atomic mass is 10.3. The van der Waals surface area contributed by atoms with Crippen molar-refractivity contribution in [3.05, 3.63) is 12.7 Å². The van der Waals surface area contributed by atoms with Crippen molar-refractivity contribution >= 4 is 0 Å². The van der Waals surface area contributed by atoms with Crippen molar-refractivity contribution < 1.29 is 4.74 Å². The van der Waals surface area contributed by atoms with Gasteiger partial charge in [-0.2, -0.15) is 0 Å². The molecule has 1 N–H and O–H groups in total. The third-order valence-electron chi connectivity index (χ3n) is 1.96. The minimum Gasteiger partial charge on any atom is -0.379 e. The molecule has 0 unspecified atom stereocenters. The Bertz CT molecular complexity index is 123. The minimum atomic E-state index is 0.371. The molecule has 0 heterocycles. The smallest absolute Gasteiger partial charge is 0.0518 e. The molecule has 0 spiro atoms. The van der Waals surface area contributed by atoms with E-state index >= 15 is 0 Å². The van der Waals surface area contributed by atoms with E-state index in [0.29, 0.717) is 6.10 Å². The lowest BCUT2D eigenvalue weighted by molar-refractivity contribution is 0.0760. The van der Waals surface area contributed by atoms with Crippen molar-refractivity contribution in [1.29, 1.82) is 0 Å². The minimum absolute atomic E-state index is 0.371. The second-order valence-electron chi connectivity index (χ2n) is 3.81. The number of hydrogen-bond donors (Lipinski definition) is 1. The van der Waals surface area contributed by atoms with Crippen LogP contribution in [0.3, 0.4) is 0 Å². The number of unbranched alkanes of at least 4 members (excludes halogenated alkanes) is 2. The lowest BCUT2D eigenvalue weighted by Gasteiger charge is -2.07. The molecule has 14 heavy (non-hydrogen) atoms. The molecule has 0 atom stereocenters. The van der Waals surface area contributed by atoms with Gasteiger partial charge in [0, 0.05) is 6.61 Å². The Kier molecular flexibility index (Phi) is 10.5. The molecule has 0 radical (unpaired) electrons. The maximum absolute atomic E-state index is 5.45. The Balaban J connectivity index is 2.88. The zero-order chi connectivity index (χ0) is 10.6. The van der Waals surface area contributed by atoms with E-state index in [4.69, 9.17) is 4.74 Å². The Morgan fingerprint density at radius 3 is 2.57 bits per heavy atom. The van der Waals surface area contributed by atoms with Gasteiger partial charge in [0.1, 0.15) is 0 Å². The number of ether oxygens (including phenoxy) is 1. The predicted molar refractivity (Wildman–Crippen MR) is 62.6 cm³/mol. The van der Waals surface area contributed by atoms with Crippen LogP contribution in [0, 0.1) is 0 Å². The average molecular weight is 199 g/mol. The highest BCUT2D eigenvalue weighted by Crippen LogP contribution is 1.93. The van der Waals surface area contributed by atoms with Gasteiger partial charge in [-0.25, -0.2) is 0 Å². The quantitative estimate of drug-likeness (QED) is 0.431. The molecule has 0 fully saturated rings. The van der Waals surface area contributed by atoms with Gasteiger partial charge in [-0.15, -0.1) is 6.58 Å². The maximum Gasteiger partial charge on any atom is 0.0518 e. The van der Waals surface area contributed by atoms with Gasteiger partial charge in [0.15, 0.2) is 0 Å². The van der Waals surface area contributed by atoms with E-state index < -0.39 is 0 Å². The summed E-state index contributed by atoms with van der Waals surface area (Å²) in [4.78, 5) is 0. The van der Waals surface area contributed by atoms with Crippen LogP contribution in [0.25, 0.3) is 0 Å². The van der Waals surface area contributed by atoms with E-state index in [1.165, 1.54) is 12.8 Å². The zero-order valence-electron chi connectivity index (χ0n) is 9.72. The van der Waals surface area contributed by atoms with Gasteiger partial charge < -0.3 is 10.1 Å². The Hall–Kier alpha value is -0.340. The van der Waals surface area contributed by atoms with Crippen LogP contribution in [0.2, 0.25) is 0 Å². The SMILES string of the molecule is C=CCCCNCCCCOC(C)C. The second kappa shape index (κ2) is 10.7. The molecule has 2 nitrogen and oxygen atoms in total. The standard InChI is InChI=1S/C12H25NO/c1-4-5-6-9-13-10-7-8-11-14-12(2)3/h4,12-13H,1,5-11H2,2-3H3. The summed E-state index contributed by atoms with van der Waals surface area (Å²) in [6.07, 6.45) is 7.02. The second-order valence-corrected chi connectivity index (χ2v) is 3.81. The van der Waals surface area contributed by atoms with Gasteiger partial charge in [0.2, 0.25) is 0 Å². The Morgan fingerprint density at radius 2 is 1.93 bits per heavy atom. The molecule has 0 aromatic rings. The van der Waals surface area contributed by atoms with Crippen LogP contribution in [-0.4, -0.2) is 25.8 Å². The van der Waals surface area contributed by atoms with Gasteiger partial charge in [-0.05, 0) is 52.6 Å². The Morgan fingerprint density at radius 1 is 1.21 bits per heavy atom. The third-order valence-corrected chi connectivity index (χ3v) is 1.96. The van der Waals surface area contributed by atoms with Gasteiger partial charge in [0.25, 0.3) is 0 Å². The summed E-state index contributed by atoms with van der Waals surface area (Å²) in [7, 11) is 0. The number of rotatable bonds is 10. The number of nitrogens with one attached hydrogen (secondary N) is 1. The van der Waals surface area contributed by atoms with Crippen molar-refractivity contribution in [2.75, 3.05) is 19.7 Å². The zero-order valence-corrected chi connectivity index (χ0v) is 9.72. The molecule has 0 saturated heterocycles. The van der Waals surface area contributed by atoms with Crippen LogP contribution in [0.5, 0.6) is 0 Å². The fourth-order valence-corrected chi connectivity index (χ4v) is 1.17. The van der Waals surface area contributed by atoms with Crippen molar-refractivity contribution in [2.45, 2.75) is 45.6 Å². The molecule has 84 valence electrons. The molecule has 0 aliphatic heterocycles. The summed E-state index contributed by atoms with van der Waals surface area (Å²) < 4.78 is 5.45. The Labute approximate surface area is 88.7 Å². The topological polar surface area (TPSA) is 21.3 Å². The van der Waals surface area contributed by atoms with Gasteiger partial charge in [0.05, 0.1) is 6.10 Å². The highest BCUT2D eigenvalue weighted by atomic mass is 16.5. The summed E-state index contributed by atoms with van der Waals surface area (Å²) >= 11 is 0. The van der Waals surface area contributed by atoms with E-state index in [2.05, 4.69) is 25.7 Å². The van der Waals surface area contributed by atoms with Crippen LogP contribution in [0.15, 0.2) is 12.7 Å². The van der Waals surface area contributed by atoms with Crippen LogP contribution in [0.4, 0.5) is 0 Å². The molecule has 0 bridgehead atoms. The first-order valence-electron chi connectivity index (χ1n) is 5.70. The van der Waals surface area contributed by atoms with Gasteiger partial charge in [-0.3, -0.25) is 0 Å². The van der Waals surface area contributed by atoms with Crippen LogP contribution in [-0.2, 0) is 4.74 Å². The molecular formula is C12H25NO. The van der Waals surface area contributed by atoms with Crippen molar-refractivity contribution in [3.8, 4) is 0 Å². The molecule has 0 aliphatic rings.